The summed E-state index contributed by atoms with van der Waals surface area (Å²) in [5.41, 5.74) is 1.41. The Balaban J connectivity index is 1.94. The lowest BCUT2D eigenvalue weighted by atomic mass is 10.00. The molecule has 0 bridgehead atoms. The number of hydrogen-bond acceptors (Lipinski definition) is 4. The first-order valence-electron chi connectivity index (χ1n) is 7.09. The van der Waals surface area contributed by atoms with Crippen LogP contribution in [0.25, 0.3) is 5.65 Å². The van der Waals surface area contributed by atoms with Gasteiger partial charge in [0, 0.05) is 44.0 Å². The van der Waals surface area contributed by atoms with Crippen LogP contribution >= 0.6 is 11.6 Å². The predicted molar refractivity (Wildman–Crippen MR) is 83.8 cm³/mol. The van der Waals surface area contributed by atoms with Gasteiger partial charge in [-0.2, -0.15) is 0 Å². The van der Waals surface area contributed by atoms with E-state index in [1.54, 1.807) is 24.4 Å². The summed E-state index contributed by atoms with van der Waals surface area (Å²) in [4.78, 5) is 19.1. The molecule has 3 rings (SSSR count). The van der Waals surface area contributed by atoms with Crippen molar-refractivity contribution >= 4 is 17.2 Å². The maximum atomic E-state index is 12.2. The highest BCUT2D eigenvalue weighted by Gasteiger charge is 2.29. The minimum atomic E-state index is -0.0922. The molecule has 3 heterocycles. The Hall–Kier alpha value is -1.43. The highest BCUT2D eigenvalue weighted by Crippen LogP contribution is 2.18. The molecule has 0 unspecified atom stereocenters. The van der Waals surface area contributed by atoms with Gasteiger partial charge in [-0.15, -0.1) is 0 Å². The van der Waals surface area contributed by atoms with Crippen molar-refractivity contribution < 1.29 is 0 Å². The number of aromatic nitrogens is 2. The molecule has 0 aromatic carbocycles. The van der Waals surface area contributed by atoms with Crippen molar-refractivity contribution in [2.45, 2.75) is 25.9 Å². The van der Waals surface area contributed by atoms with Crippen LogP contribution in [0.4, 0.5) is 0 Å². The number of pyridine rings is 1. The fraction of sp³-hybridized carbons (Fsp3) is 0.467. The second-order valence-electron chi connectivity index (χ2n) is 6.07. The van der Waals surface area contributed by atoms with Gasteiger partial charge < -0.3 is 5.32 Å². The second kappa shape index (κ2) is 5.40. The number of halogens is 1. The van der Waals surface area contributed by atoms with Crippen molar-refractivity contribution in [3.63, 3.8) is 0 Å². The summed E-state index contributed by atoms with van der Waals surface area (Å²) in [5, 5.41) is 3.93. The Labute approximate surface area is 128 Å². The first-order chi connectivity index (χ1) is 9.95. The van der Waals surface area contributed by atoms with Gasteiger partial charge in [0.25, 0.3) is 5.56 Å². The van der Waals surface area contributed by atoms with Gasteiger partial charge in [0.15, 0.2) is 0 Å². The molecule has 2 aromatic rings. The summed E-state index contributed by atoms with van der Waals surface area (Å²) in [7, 11) is 0. The van der Waals surface area contributed by atoms with Crippen LogP contribution in [-0.2, 0) is 6.54 Å². The van der Waals surface area contributed by atoms with Crippen molar-refractivity contribution in [3.05, 3.63) is 45.5 Å². The summed E-state index contributed by atoms with van der Waals surface area (Å²) < 4.78 is 1.48. The molecule has 0 atom stereocenters. The molecule has 2 aromatic heterocycles. The van der Waals surface area contributed by atoms with E-state index < -0.39 is 0 Å². The number of hydrogen-bond donors (Lipinski definition) is 1. The summed E-state index contributed by atoms with van der Waals surface area (Å²) in [6.45, 7) is 7.94. The van der Waals surface area contributed by atoms with Crippen molar-refractivity contribution in [1.29, 1.82) is 0 Å². The van der Waals surface area contributed by atoms with Crippen LogP contribution in [-0.4, -0.2) is 39.5 Å². The van der Waals surface area contributed by atoms with Crippen molar-refractivity contribution in [1.82, 2.24) is 19.6 Å². The summed E-state index contributed by atoms with van der Waals surface area (Å²) in [6, 6.07) is 5.12. The van der Waals surface area contributed by atoms with Crippen LogP contribution in [0.1, 0.15) is 19.5 Å². The van der Waals surface area contributed by atoms with Gasteiger partial charge in [0.05, 0.1) is 10.7 Å². The first-order valence-corrected chi connectivity index (χ1v) is 7.47. The molecule has 1 fully saturated rings. The zero-order valence-electron chi connectivity index (χ0n) is 12.3. The van der Waals surface area contributed by atoms with Gasteiger partial charge in [-0.3, -0.25) is 14.1 Å². The third-order valence-electron chi connectivity index (χ3n) is 4.00. The summed E-state index contributed by atoms with van der Waals surface area (Å²) in [5.74, 6) is 0. The fourth-order valence-corrected chi connectivity index (χ4v) is 2.88. The van der Waals surface area contributed by atoms with E-state index in [0.29, 0.717) is 17.2 Å². The highest BCUT2D eigenvalue weighted by atomic mass is 35.5. The zero-order valence-corrected chi connectivity index (χ0v) is 13.0. The molecule has 1 N–H and O–H groups in total. The summed E-state index contributed by atoms with van der Waals surface area (Å²) in [6.07, 6.45) is 1.60. The van der Waals surface area contributed by atoms with Gasteiger partial charge in [-0.1, -0.05) is 11.6 Å². The van der Waals surface area contributed by atoms with E-state index in [0.717, 1.165) is 25.3 Å². The lowest BCUT2D eigenvalue weighted by Crippen LogP contribution is -2.57. The average Bonchev–Trinajstić information content (AvgIpc) is 2.42. The number of fused-ring (bicyclic) bond motifs is 1. The van der Waals surface area contributed by atoms with E-state index in [4.69, 9.17) is 11.6 Å². The number of piperazine rings is 1. The molecule has 21 heavy (non-hydrogen) atoms. The SMILES string of the molecule is CC1(C)CNCCN1Cc1cc(=O)n2cc(Cl)ccc2n1. The molecule has 112 valence electrons. The Morgan fingerprint density at radius 2 is 2.24 bits per heavy atom. The normalized spacial score (nSPS) is 19.0. The van der Waals surface area contributed by atoms with E-state index in [1.807, 2.05) is 0 Å². The van der Waals surface area contributed by atoms with Gasteiger partial charge in [-0.25, -0.2) is 4.98 Å². The molecule has 0 amide bonds. The molecule has 0 saturated carbocycles. The standard InChI is InChI=1S/C15H19ClN4O/c1-15(2)10-17-5-6-19(15)9-12-7-14(21)20-8-11(16)3-4-13(20)18-12/h3-4,7-8,17H,5-6,9-10H2,1-2H3. The molecule has 5 nitrogen and oxygen atoms in total. The highest BCUT2D eigenvalue weighted by molar-refractivity contribution is 6.30. The van der Waals surface area contributed by atoms with Crippen LogP contribution in [0.5, 0.6) is 0 Å². The van der Waals surface area contributed by atoms with E-state index >= 15 is 0 Å². The maximum Gasteiger partial charge on any atom is 0.258 e. The van der Waals surface area contributed by atoms with Crippen molar-refractivity contribution in [3.8, 4) is 0 Å². The Bertz CT molecular complexity index is 725. The number of nitrogens with one attached hydrogen (secondary N) is 1. The molecule has 0 radical (unpaired) electrons. The topological polar surface area (TPSA) is 49.6 Å². The average molecular weight is 307 g/mol. The molecule has 0 aliphatic carbocycles. The molecule has 1 aliphatic heterocycles. The van der Waals surface area contributed by atoms with Crippen LogP contribution in [0.15, 0.2) is 29.2 Å². The minimum Gasteiger partial charge on any atom is -0.314 e. The molecule has 6 heteroatoms. The third-order valence-corrected chi connectivity index (χ3v) is 4.23. The quantitative estimate of drug-likeness (QED) is 0.914. The van der Waals surface area contributed by atoms with E-state index in [1.165, 1.54) is 4.40 Å². The Morgan fingerprint density at radius 1 is 1.43 bits per heavy atom. The van der Waals surface area contributed by atoms with E-state index in [-0.39, 0.29) is 11.1 Å². The van der Waals surface area contributed by atoms with E-state index in [9.17, 15) is 4.79 Å². The van der Waals surface area contributed by atoms with E-state index in [2.05, 4.69) is 29.0 Å². The van der Waals surface area contributed by atoms with Crippen LogP contribution in [0, 0.1) is 0 Å². The lowest BCUT2D eigenvalue weighted by molar-refractivity contribution is 0.0814. The maximum absolute atomic E-state index is 12.2. The summed E-state index contributed by atoms with van der Waals surface area (Å²) >= 11 is 5.92. The molecular weight excluding hydrogens is 288 g/mol. The first kappa shape index (κ1) is 14.5. The van der Waals surface area contributed by atoms with Crippen molar-refractivity contribution in [2.24, 2.45) is 0 Å². The fourth-order valence-electron chi connectivity index (χ4n) is 2.72. The Morgan fingerprint density at radius 3 is 3.00 bits per heavy atom. The molecular formula is C15H19ClN4O. The molecule has 1 aliphatic rings. The number of rotatable bonds is 2. The van der Waals surface area contributed by atoms with Crippen molar-refractivity contribution in [2.75, 3.05) is 19.6 Å². The van der Waals surface area contributed by atoms with Gasteiger partial charge >= 0.3 is 0 Å². The van der Waals surface area contributed by atoms with Gasteiger partial charge in [0.1, 0.15) is 5.65 Å². The third kappa shape index (κ3) is 2.95. The van der Waals surface area contributed by atoms with Crippen LogP contribution in [0.3, 0.4) is 0 Å². The predicted octanol–water partition coefficient (Wildman–Crippen LogP) is 1.53. The minimum absolute atomic E-state index is 0.0606. The Kier molecular flexibility index (Phi) is 3.73. The number of nitrogens with zero attached hydrogens (tertiary/aromatic N) is 3. The monoisotopic (exact) mass is 306 g/mol. The van der Waals surface area contributed by atoms with Crippen LogP contribution < -0.4 is 10.9 Å². The molecule has 1 saturated heterocycles. The van der Waals surface area contributed by atoms with Gasteiger partial charge in [-0.05, 0) is 26.0 Å². The van der Waals surface area contributed by atoms with Gasteiger partial charge in [0.2, 0.25) is 0 Å². The largest absolute Gasteiger partial charge is 0.314 e. The second-order valence-corrected chi connectivity index (χ2v) is 6.51. The smallest absolute Gasteiger partial charge is 0.258 e. The molecule has 0 spiro atoms. The van der Waals surface area contributed by atoms with Crippen LogP contribution in [0.2, 0.25) is 5.02 Å². The zero-order chi connectivity index (χ0) is 15.0. The lowest BCUT2D eigenvalue weighted by Gasteiger charge is -2.42.